The summed E-state index contributed by atoms with van der Waals surface area (Å²) in [6, 6.07) is 0. The van der Waals surface area contributed by atoms with Gasteiger partial charge in [0, 0.05) is 19.7 Å². The maximum Gasteiger partial charge on any atom is 0.404 e. The first-order valence-corrected chi connectivity index (χ1v) is 7.55. The first-order valence-electron chi connectivity index (χ1n) is 7.55. The average Bonchev–Trinajstić information content (AvgIpc) is 2.41. The summed E-state index contributed by atoms with van der Waals surface area (Å²) in [4.78, 5) is 10.3. The highest BCUT2D eigenvalue weighted by atomic mass is 16.5. The molecule has 20 heavy (non-hydrogen) atoms. The first-order chi connectivity index (χ1) is 9.66. The van der Waals surface area contributed by atoms with E-state index in [9.17, 15) is 9.90 Å². The number of carbonyl (C=O) groups excluding carboxylic acids is 1. The van der Waals surface area contributed by atoms with Crippen LogP contribution in [0.3, 0.4) is 0 Å². The number of nitrogens with two attached hydrogens (primary N) is 1. The van der Waals surface area contributed by atoms with Crippen LogP contribution in [0.4, 0.5) is 4.79 Å². The van der Waals surface area contributed by atoms with Crippen molar-refractivity contribution in [3.05, 3.63) is 0 Å². The third-order valence-electron chi connectivity index (χ3n) is 2.86. The van der Waals surface area contributed by atoms with Crippen LogP contribution in [0, 0.1) is 0 Å². The molecule has 0 aliphatic heterocycles. The van der Waals surface area contributed by atoms with E-state index in [4.69, 9.17) is 10.5 Å². The van der Waals surface area contributed by atoms with Crippen molar-refractivity contribution >= 4 is 6.09 Å². The Hall–Kier alpha value is -0.850. The summed E-state index contributed by atoms with van der Waals surface area (Å²) in [7, 11) is 0. The number of amides is 1. The summed E-state index contributed by atoms with van der Waals surface area (Å²) in [5, 5.41) is 12.6. The van der Waals surface area contributed by atoms with Crippen LogP contribution in [0.1, 0.15) is 45.4 Å². The van der Waals surface area contributed by atoms with Crippen LogP contribution in [0.25, 0.3) is 0 Å². The van der Waals surface area contributed by atoms with Crippen molar-refractivity contribution in [3.63, 3.8) is 0 Å². The third-order valence-corrected chi connectivity index (χ3v) is 2.86. The summed E-state index contributed by atoms with van der Waals surface area (Å²) in [5.74, 6) is 0. The first kappa shape index (κ1) is 19.1. The summed E-state index contributed by atoms with van der Waals surface area (Å²) in [6.07, 6.45) is 6.07. The van der Waals surface area contributed by atoms with E-state index >= 15 is 0 Å². The lowest BCUT2D eigenvalue weighted by atomic mass is 10.1. The maximum atomic E-state index is 10.3. The van der Waals surface area contributed by atoms with E-state index in [2.05, 4.69) is 17.0 Å². The van der Waals surface area contributed by atoms with Gasteiger partial charge in [-0.2, -0.15) is 0 Å². The van der Waals surface area contributed by atoms with E-state index in [0.29, 0.717) is 26.3 Å². The number of hydrogen-bond donors (Lipinski definition) is 3. The number of hydrogen-bond acceptors (Lipinski definition) is 5. The Labute approximate surface area is 122 Å². The van der Waals surface area contributed by atoms with E-state index in [1.54, 1.807) is 0 Å². The molecule has 6 heteroatoms. The second kappa shape index (κ2) is 14.6. The van der Waals surface area contributed by atoms with Crippen LogP contribution in [-0.4, -0.2) is 50.2 Å². The van der Waals surface area contributed by atoms with Gasteiger partial charge in [-0.1, -0.05) is 39.0 Å². The lowest BCUT2D eigenvalue weighted by molar-refractivity contribution is 0.0349. The Kier molecular flexibility index (Phi) is 13.9. The molecule has 0 aliphatic carbocycles. The standard InChI is InChI=1S/C14H30N2O4/c1-2-3-4-5-6-7-9-19-12-13(17)11-16-8-10-20-14(15)18/h13,16-17H,2-12H2,1H3,(H2,15,18). The minimum absolute atomic E-state index is 0.209. The van der Waals surface area contributed by atoms with E-state index < -0.39 is 12.2 Å². The van der Waals surface area contributed by atoms with Gasteiger partial charge in [-0.3, -0.25) is 0 Å². The van der Waals surface area contributed by atoms with Crippen LogP contribution >= 0.6 is 0 Å². The highest BCUT2D eigenvalue weighted by Crippen LogP contribution is 2.04. The highest BCUT2D eigenvalue weighted by Gasteiger charge is 2.03. The predicted molar refractivity (Wildman–Crippen MR) is 78.6 cm³/mol. The number of aliphatic hydroxyl groups excluding tert-OH is 1. The molecular weight excluding hydrogens is 260 g/mol. The smallest absolute Gasteiger partial charge is 0.404 e. The number of unbranched alkanes of at least 4 members (excludes halogenated alkanes) is 5. The monoisotopic (exact) mass is 290 g/mol. The van der Waals surface area contributed by atoms with Gasteiger partial charge in [0.2, 0.25) is 0 Å². The molecule has 1 amide bonds. The fourth-order valence-electron chi connectivity index (χ4n) is 1.76. The lowest BCUT2D eigenvalue weighted by Gasteiger charge is -2.12. The van der Waals surface area contributed by atoms with Gasteiger partial charge in [-0.25, -0.2) is 4.79 Å². The predicted octanol–water partition coefficient (Wildman–Crippen LogP) is 1.41. The molecule has 0 aromatic rings. The van der Waals surface area contributed by atoms with Gasteiger partial charge in [-0.05, 0) is 6.42 Å². The zero-order valence-corrected chi connectivity index (χ0v) is 12.6. The quantitative estimate of drug-likeness (QED) is 0.421. The van der Waals surface area contributed by atoms with Gasteiger partial charge >= 0.3 is 6.09 Å². The normalized spacial score (nSPS) is 12.3. The highest BCUT2D eigenvalue weighted by molar-refractivity contribution is 5.64. The SMILES string of the molecule is CCCCCCCCOCC(O)CNCCOC(N)=O. The molecule has 0 fully saturated rings. The molecular formula is C14H30N2O4. The molecule has 0 aromatic carbocycles. The number of nitrogens with one attached hydrogen (secondary N) is 1. The molecule has 120 valence electrons. The van der Waals surface area contributed by atoms with Crippen molar-refractivity contribution in [2.75, 3.05) is 32.9 Å². The van der Waals surface area contributed by atoms with Crippen molar-refractivity contribution in [2.45, 2.75) is 51.6 Å². The van der Waals surface area contributed by atoms with Crippen LogP contribution in [0.2, 0.25) is 0 Å². The maximum absolute atomic E-state index is 10.3. The number of rotatable bonds is 14. The molecule has 0 bridgehead atoms. The Morgan fingerprint density at radius 3 is 2.60 bits per heavy atom. The zero-order valence-electron chi connectivity index (χ0n) is 12.6. The molecule has 0 aromatic heterocycles. The molecule has 0 rings (SSSR count). The molecule has 6 nitrogen and oxygen atoms in total. The zero-order chi connectivity index (χ0) is 15.1. The second-order valence-electron chi connectivity index (χ2n) is 4.87. The van der Waals surface area contributed by atoms with Gasteiger partial charge in [0.1, 0.15) is 6.61 Å². The van der Waals surface area contributed by atoms with Crippen LogP contribution in [0.5, 0.6) is 0 Å². The van der Waals surface area contributed by atoms with E-state index in [1.165, 1.54) is 32.1 Å². The minimum Gasteiger partial charge on any atom is -0.448 e. The fourth-order valence-corrected chi connectivity index (χ4v) is 1.76. The number of ether oxygens (including phenoxy) is 2. The van der Waals surface area contributed by atoms with Gasteiger partial charge < -0.3 is 25.6 Å². The van der Waals surface area contributed by atoms with Crippen molar-refractivity contribution < 1.29 is 19.4 Å². The average molecular weight is 290 g/mol. The van der Waals surface area contributed by atoms with E-state index in [0.717, 1.165) is 6.42 Å². The third kappa shape index (κ3) is 15.2. The molecule has 0 aliphatic rings. The van der Waals surface area contributed by atoms with Crippen LogP contribution in [0.15, 0.2) is 0 Å². The number of aliphatic hydroxyl groups is 1. The molecule has 1 unspecified atom stereocenters. The molecule has 1 atom stereocenters. The molecule has 0 saturated heterocycles. The van der Waals surface area contributed by atoms with Crippen molar-refractivity contribution in [3.8, 4) is 0 Å². The molecule has 0 heterocycles. The van der Waals surface area contributed by atoms with Crippen LogP contribution < -0.4 is 11.1 Å². The van der Waals surface area contributed by atoms with Gasteiger partial charge in [0.05, 0.1) is 12.7 Å². The topological polar surface area (TPSA) is 93.8 Å². The summed E-state index contributed by atoms with van der Waals surface area (Å²) in [5.41, 5.74) is 4.81. The van der Waals surface area contributed by atoms with Crippen molar-refractivity contribution in [1.82, 2.24) is 5.32 Å². The second-order valence-corrected chi connectivity index (χ2v) is 4.87. The summed E-state index contributed by atoms with van der Waals surface area (Å²) in [6.45, 7) is 4.34. The van der Waals surface area contributed by atoms with Gasteiger partial charge in [0.25, 0.3) is 0 Å². The Morgan fingerprint density at radius 2 is 1.90 bits per heavy atom. The Bertz CT molecular complexity index is 227. The number of carbonyl (C=O) groups is 1. The molecule has 0 radical (unpaired) electrons. The van der Waals surface area contributed by atoms with E-state index in [-0.39, 0.29) is 6.61 Å². The van der Waals surface area contributed by atoms with Gasteiger partial charge in [-0.15, -0.1) is 0 Å². The van der Waals surface area contributed by atoms with Gasteiger partial charge in [0.15, 0.2) is 0 Å². The van der Waals surface area contributed by atoms with Crippen LogP contribution in [-0.2, 0) is 9.47 Å². The minimum atomic E-state index is -0.783. The largest absolute Gasteiger partial charge is 0.448 e. The fraction of sp³-hybridized carbons (Fsp3) is 0.929. The number of primary amides is 1. The lowest BCUT2D eigenvalue weighted by Crippen LogP contribution is -2.33. The summed E-state index contributed by atoms with van der Waals surface area (Å²) < 4.78 is 9.94. The van der Waals surface area contributed by atoms with E-state index in [1.807, 2.05) is 0 Å². The molecule has 0 saturated carbocycles. The Morgan fingerprint density at radius 1 is 1.20 bits per heavy atom. The summed E-state index contributed by atoms with van der Waals surface area (Å²) >= 11 is 0. The van der Waals surface area contributed by atoms with Crippen molar-refractivity contribution in [1.29, 1.82) is 0 Å². The van der Waals surface area contributed by atoms with Crippen molar-refractivity contribution in [2.24, 2.45) is 5.73 Å². The Balaban J connectivity index is 3.16. The molecule has 4 N–H and O–H groups in total. The molecule has 0 spiro atoms.